The average molecular weight is 421 g/mol. The molecular weight excluding hydrogens is 398 g/mol. The summed E-state index contributed by atoms with van der Waals surface area (Å²) in [7, 11) is 0. The van der Waals surface area contributed by atoms with Gasteiger partial charge in [0.2, 0.25) is 17.6 Å². The third-order valence-corrected chi connectivity index (χ3v) is 5.18. The first-order chi connectivity index (χ1) is 15.2. The molecule has 0 bridgehead atoms. The molecule has 0 aromatic carbocycles. The molecule has 10 nitrogen and oxygen atoms in total. The van der Waals surface area contributed by atoms with Gasteiger partial charge in [0.25, 0.3) is 5.91 Å². The van der Waals surface area contributed by atoms with Crippen LogP contribution in [0.4, 0.5) is 0 Å². The molecule has 1 aliphatic rings. The molecule has 1 unspecified atom stereocenters. The van der Waals surface area contributed by atoms with Crippen molar-refractivity contribution in [2.24, 2.45) is 0 Å². The maximum Gasteiger partial charge on any atom is 0.274 e. The van der Waals surface area contributed by atoms with Crippen molar-refractivity contribution < 1.29 is 14.1 Å². The summed E-state index contributed by atoms with van der Waals surface area (Å²) in [6.45, 7) is 1.34. The largest absolute Gasteiger partial charge is 0.356 e. The summed E-state index contributed by atoms with van der Waals surface area (Å²) in [6.07, 6.45) is 10.2. The van der Waals surface area contributed by atoms with Gasteiger partial charge in [-0.25, -0.2) is 4.98 Å². The standard InChI is InChI=1S/C21H23N7O3/c29-18-6-12-28(21(30)17-14-23-9-10-24-17)11-2-4-15(5-8-25-18)20-26-19(27-31-20)16-3-1-7-22-13-16/h1,3,7,9-10,13-15H,2,4-6,8,11-12H2,(H,25,29). The summed E-state index contributed by atoms with van der Waals surface area (Å²) in [5, 5.41) is 6.99. The van der Waals surface area contributed by atoms with Gasteiger partial charge in [0.1, 0.15) is 5.69 Å². The van der Waals surface area contributed by atoms with Crippen molar-refractivity contribution >= 4 is 11.8 Å². The van der Waals surface area contributed by atoms with Crippen molar-refractivity contribution in [3.05, 3.63) is 54.7 Å². The molecule has 2 amide bonds. The lowest BCUT2D eigenvalue weighted by molar-refractivity contribution is -0.121. The van der Waals surface area contributed by atoms with Gasteiger partial charge in [0.05, 0.1) is 6.20 Å². The number of hydrogen-bond donors (Lipinski definition) is 1. The smallest absolute Gasteiger partial charge is 0.274 e. The Morgan fingerprint density at radius 3 is 2.84 bits per heavy atom. The molecule has 0 saturated carbocycles. The van der Waals surface area contributed by atoms with Crippen LogP contribution >= 0.6 is 0 Å². The lowest BCUT2D eigenvalue weighted by Crippen LogP contribution is -2.36. The molecule has 3 aromatic rings. The Morgan fingerprint density at radius 2 is 2.03 bits per heavy atom. The third-order valence-electron chi connectivity index (χ3n) is 5.18. The first-order valence-electron chi connectivity index (χ1n) is 10.3. The zero-order valence-electron chi connectivity index (χ0n) is 17.0. The Balaban J connectivity index is 1.47. The lowest BCUT2D eigenvalue weighted by atomic mass is 9.99. The lowest BCUT2D eigenvalue weighted by Gasteiger charge is -2.22. The number of nitrogens with one attached hydrogen (secondary N) is 1. The van der Waals surface area contributed by atoms with Gasteiger partial charge in [-0.1, -0.05) is 5.16 Å². The minimum atomic E-state index is -0.228. The van der Waals surface area contributed by atoms with Crippen molar-refractivity contribution in [1.29, 1.82) is 0 Å². The first kappa shape index (κ1) is 20.6. The minimum absolute atomic E-state index is 0.0233. The number of pyridine rings is 1. The number of amides is 2. The number of hydrogen-bond acceptors (Lipinski definition) is 8. The molecule has 31 heavy (non-hydrogen) atoms. The van der Waals surface area contributed by atoms with Crippen LogP contribution in [0.25, 0.3) is 11.4 Å². The molecule has 1 saturated heterocycles. The zero-order valence-corrected chi connectivity index (χ0v) is 17.0. The highest BCUT2D eigenvalue weighted by Crippen LogP contribution is 2.26. The van der Waals surface area contributed by atoms with Crippen LogP contribution < -0.4 is 5.32 Å². The number of nitrogens with zero attached hydrogens (tertiary/aromatic N) is 6. The molecule has 0 radical (unpaired) electrons. The van der Waals surface area contributed by atoms with E-state index < -0.39 is 0 Å². The van der Waals surface area contributed by atoms with Crippen LogP contribution in [0.5, 0.6) is 0 Å². The van der Waals surface area contributed by atoms with Gasteiger partial charge in [0.15, 0.2) is 0 Å². The van der Waals surface area contributed by atoms with Gasteiger partial charge in [-0.2, -0.15) is 4.98 Å². The number of carbonyl (C=O) groups excluding carboxylic acids is 2. The molecule has 0 spiro atoms. The van der Waals surface area contributed by atoms with E-state index in [0.29, 0.717) is 37.8 Å². The van der Waals surface area contributed by atoms with Crippen molar-refractivity contribution in [2.45, 2.75) is 31.6 Å². The van der Waals surface area contributed by atoms with E-state index in [1.807, 2.05) is 12.1 Å². The van der Waals surface area contributed by atoms with Gasteiger partial charge in [-0.15, -0.1) is 0 Å². The SMILES string of the molecule is O=C1CCN(C(=O)c2cnccn2)CCCC(c2nc(-c3cccnc3)no2)CCN1. The average Bonchev–Trinajstić information content (AvgIpc) is 3.29. The topological polar surface area (TPSA) is 127 Å². The summed E-state index contributed by atoms with van der Waals surface area (Å²) in [5.74, 6) is 0.664. The van der Waals surface area contributed by atoms with Crippen LogP contribution in [-0.2, 0) is 4.79 Å². The quantitative estimate of drug-likeness (QED) is 0.679. The fourth-order valence-electron chi connectivity index (χ4n) is 3.53. The Kier molecular flexibility index (Phi) is 6.56. The Hall–Kier alpha value is -3.69. The Bertz CT molecular complexity index is 1010. The summed E-state index contributed by atoms with van der Waals surface area (Å²) in [5.41, 5.74) is 1.05. The highest BCUT2D eigenvalue weighted by molar-refractivity contribution is 5.92. The van der Waals surface area contributed by atoms with Gasteiger partial charge in [-0.05, 0) is 31.4 Å². The van der Waals surface area contributed by atoms with Crippen LogP contribution in [0.1, 0.15) is 48.0 Å². The maximum absolute atomic E-state index is 12.8. The highest BCUT2D eigenvalue weighted by atomic mass is 16.5. The van der Waals surface area contributed by atoms with Crippen molar-refractivity contribution in [3.63, 3.8) is 0 Å². The molecule has 0 aliphatic carbocycles. The molecule has 1 atom stereocenters. The van der Waals surface area contributed by atoms with E-state index in [0.717, 1.165) is 18.4 Å². The van der Waals surface area contributed by atoms with Gasteiger partial charge in [0, 0.05) is 62.3 Å². The van der Waals surface area contributed by atoms with Gasteiger partial charge >= 0.3 is 0 Å². The fraction of sp³-hybridized carbons (Fsp3) is 0.381. The molecule has 160 valence electrons. The molecule has 1 N–H and O–H groups in total. The summed E-state index contributed by atoms with van der Waals surface area (Å²) in [4.78, 5) is 43.4. The van der Waals surface area contributed by atoms with E-state index in [9.17, 15) is 9.59 Å². The van der Waals surface area contributed by atoms with E-state index in [2.05, 4.69) is 30.4 Å². The fourth-order valence-corrected chi connectivity index (χ4v) is 3.53. The second kappa shape index (κ2) is 9.88. The molecule has 4 heterocycles. The van der Waals surface area contributed by atoms with Crippen LogP contribution in [0.3, 0.4) is 0 Å². The Morgan fingerprint density at radius 1 is 1.13 bits per heavy atom. The van der Waals surface area contributed by atoms with Gasteiger partial charge < -0.3 is 14.7 Å². The molecule has 1 fully saturated rings. The van der Waals surface area contributed by atoms with E-state index in [1.165, 1.54) is 18.6 Å². The maximum atomic E-state index is 12.8. The Labute approximate surface area is 179 Å². The van der Waals surface area contributed by atoms with Gasteiger partial charge in [-0.3, -0.25) is 19.6 Å². The van der Waals surface area contributed by atoms with Crippen molar-refractivity contribution in [2.75, 3.05) is 19.6 Å². The van der Waals surface area contributed by atoms with E-state index in [1.54, 1.807) is 17.3 Å². The van der Waals surface area contributed by atoms with Crippen molar-refractivity contribution in [1.82, 2.24) is 35.3 Å². The molecular formula is C21H23N7O3. The molecule has 3 aromatic heterocycles. The van der Waals surface area contributed by atoms with E-state index in [4.69, 9.17) is 4.52 Å². The zero-order chi connectivity index (χ0) is 21.5. The summed E-state index contributed by atoms with van der Waals surface area (Å²) >= 11 is 0. The van der Waals surface area contributed by atoms with E-state index >= 15 is 0 Å². The highest BCUT2D eigenvalue weighted by Gasteiger charge is 2.23. The van der Waals surface area contributed by atoms with Crippen molar-refractivity contribution in [3.8, 4) is 11.4 Å². The first-order valence-corrected chi connectivity index (χ1v) is 10.3. The summed E-state index contributed by atoms with van der Waals surface area (Å²) < 4.78 is 5.53. The van der Waals surface area contributed by atoms with E-state index in [-0.39, 0.29) is 29.8 Å². The number of rotatable bonds is 3. The molecule has 10 heteroatoms. The number of carbonyl (C=O) groups is 2. The second-order valence-corrected chi connectivity index (χ2v) is 7.31. The van der Waals surface area contributed by atoms with Crippen LogP contribution in [0.15, 0.2) is 47.6 Å². The predicted octanol–water partition coefficient (Wildman–Crippen LogP) is 1.84. The monoisotopic (exact) mass is 421 g/mol. The van der Waals surface area contributed by atoms with Crippen LogP contribution in [-0.4, -0.2) is 61.4 Å². The predicted molar refractivity (Wildman–Crippen MR) is 110 cm³/mol. The molecule has 4 rings (SSSR count). The summed E-state index contributed by atoms with van der Waals surface area (Å²) in [6, 6.07) is 3.69. The third kappa shape index (κ3) is 5.27. The normalized spacial score (nSPS) is 18.1. The second-order valence-electron chi connectivity index (χ2n) is 7.31. The van der Waals surface area contributed by atoms with Crippen LogP contribution in [0.2, 0.25) is 0 Å². The minimum Gasteiger partial charge on any atom is -0.356 e. The molecule has 1 aliphatic heterocycles. The number of aromatic nitrogens is 5. The van der Waals surface area contributed by atoms with Crippen LogP contribution in [0, 0.1) is 0 Å².